The Labute approximate surface area is 109 Å². The molecule has 0 amide bonds. The number of anilines is 2. The van der Waals surface area contributed by atoms with Gasteiger partial charge >= 0.3 is 0 Å². The molecule has 2 N–H and O–H groups in total. The standard InChI is InChI=1S/C11H16BrN3S/c1-7-5-15(6-8(2)16-7)11-10(13)3-9(12)4-14-11/h3-4,7-8H,5-6,13H2,1-2H3. The van der Waals surface area contributed by atoms with Crippen LogP contribution in [0.3, 0.4) is 0 Å². The fourth-order valence-electron chi connectivity index (χ4n) is 2.06. The molecule has 0 saturated carbocycles. The van der Waals surface area contributed by atoms with E-state index in [1.165, 1.54) is 0 Å². The molecule has 3 nitrogen and oxygen atoms in total. The molecular weight excluding hydrogens is 286 g/mol. The zero-order valence-corrected chi connectivity index (χ0v) is 11.9. The molecule has 2 rings (SSSR count). The van der Waals surface area contributed by atoms with Crippen LogP contribution < -0.4 is 10.6 Å². The molecule has 2 heterocycles. The number of nitrogens with zero attached hydrogens (tertiary/aromatic N) is 2. The molecule has 1 saturated heterocycles. The molecule has 5 heteroatoms. The highest BCUT2D eigenvalue weighted by atomic mass is 79.9. The first-order valence-electron chi connectivity index (χ1n) is 5.37. The molecule has 2 atom stereocenters. The SMILES string of the molecule is CC1CN(c2ncc(Br)cc2N)CC(C)S1. The van der Waals surface area contributed by atoms with Crippen LogP contribution in [-0.4, -0.2) is 28.6 Å². The van der Waals surface area contributed by atoms with Crippen LogP contribution in [0, 0.1) is 0 Å². The summed E-state index contributed by atoms with van der Waals surface area (Å²) in [7, 11) is 0. The third-order valence-electron chi connectivity index (χ3n) is 2.58. The zero-order valence-electron chi connectivity index (χ0n) is 9.48. The minimum absolute atomic E-state index is 0.633. The first kappa shape index (κ1) is 12.0. The van der Waals surface area contributed by atoms with Crippen molar-refractivity contribution in [2.75, 3.05) is 23.7 Å². The smallest absolute Gasteiger partial charge is 0.151 e. The minimum Gasteiger partial charge on any atom is -0.396 e. The maximum atomic E-state index is 6.00. The Morgan fingerprint density at radius 3 is 2.62 bits per heavy atom. The molecule has 0 aliphatic carbocycles. The van der Waals surface area contributed by atoms with Gasteiger partial charge in [-0.25, -0.2) is 4.98 Å². The second-order valence-corrected chi connectivity index (χ2v) is 7.03. The number of hydrogen-bond acceptors (Lipinski definition) is 4. The van der Waals surface area contributed by atoms with E-state index in [0.717, 1.165) is 29.1 Å². The molecule has 0 radical (unpaired) electrons. The van der Waals surface area contributed by atoms with Crippen molar-refractivity contribution < 1.29 is 0 Å². The van der Waals surface area contributed by atoms with Gasteiger partial charge in [0.15, 0.2) is 5.82 Å². The van der Waals surface area contributed by atoms with E-state index in [0.29, 0.717) is 10.5 Å². The Morgan fingerprint density at radius 1 is 1.44 bits per heavy atom. The Kier molecular flexibility index (Phi) is 3.64. The van der Waals surface area contributed by atoms with E-state index in [1.54, 1.807) is 0 Å². The van der Waals surface area contributed by atoms with Crippen molar-refractivity contribution in [2.24, 2.45) is 0 Å². The Hall–Kier alpha value is -0.420. The molecular formula is C11H16BrN3S. The molecule has 1 aromatic heterocycles. The molecule has 0 aromatic carbocycles. The molecule has 0 bridgehead atoms. The van der Waals surface area contributed by atoms with E-state index >= 15 is 0 Å². The highest BCUT2D eigenvalue weighted by Crippen LogP contribution is 2.31. The van der Waals surface area contributed by atoms with Gasteiger partial charge in [-0.1, -0.05) is 13.8 Å². The van der Waals surface area contributed by atoms with E-state index in [4.69, 9.17) is 5.73 Å². The van der Waals surface area contributed by atoms with Crippen molar-refractivity contribution in [3.63, 3.8) is 0 Å². The molecule has 1 aliphatic heterocycles. The third kappa shape index (κ3) is 2.63. The van der Waals surface area contributed by atoms with E-state index in [-0.39, 0.29) is 0 Å². The van der Waals surface area contributed by atoms with Gasteiger partial charge in [0.05, 0.1) is 5.69 Å². The molecule has 1 fully saturated rings. The average Bonchev–Trinajstić information content (AvgIpc) is 2.15. The largest absolute Gasteiger partial charge is 0.396 e. The topological polar surface area (TPSA) is 42.2 Å². The summed E-state index contributed by atoms with van der Waals surface area (Å²) >= 11 is 5.41. The van der Waals surface area contributed by atoms with Crippen molar-refractivity contribution in [3.8, 4) is 0 Å². The summed E-state index contributed by atoms with van der Waals surface area (Å²) in [4.78, 5) is 6.70. The van der Waals surface area contributed by atoms with Gasteiger partial charge in [0.1, 0.15) is 0 Å². The fraction of sp³-hybridized carbons (Fsp3) is 0.545. The number of aromatic nitrogens is 1. The predicted octanol–water partition coefficient (Wildman–Crippen LogP) is 2.76. The van der Waals surface area contributed by atoms with Crippen molar-refractivity contribution >= 4 is 39.2 Å². The van der Waals surface area contributed by atoms with Gasteiger partial charge in [0.2, 0.25) is 0 Å². The van der Waals surface area contributed by atoms with Gasteiger partial charge in [-0.15, -0.1) is 0 Å². The summed E-state index contributed by atoms with van der Waals surface area (Å²) in [6, 6.07) is 1.92. The van der Waals surface area contributed by atoms with Gasteiger partial charge in [-0.3, -0.25) is 0 Å². The molecule has 0 spiro atoms. The van der Waals surface area contributed by atoms with E-state index in [9.17, 15) is 0 Å². The van der Waals surface area contributed by atoms with Crippen LogP contribution in [0.5, 0.6) is 0 Å². The lowest BCUT2D eigenvalue weighted by Gasteiger charge is -2.35. The van der Waals surface area contributed by atoms with Crippen LogP contribution in [0.4, 0.5) is 11.5 Å². The highest BCUT2D eigenvalue weighted by molar-refractivity contribution is 9.10. The fourth-order valence-corrected chi connectivity index (χ4v) is 3.74. The van der Waals surface area contributed by atoms with Crippen LogP contribution in [0.1, 0.15) is 13.8 Å². The minimum atomic E-state index is 0.633. The lowest BCUT2D eigenvalue weighted by Crippen LogP contribution is -2.41. The predicted molar refractivity (Wildman–Crippen MR) is 75.1 cm³/mol. The summed E-state index contributed by atoms with van der Waals surface area (Å²) in [5.41, 5.74) is 6.75. The summed E-state index contributed by atoms with van der Waals surface area (Å²) < 4.78 is 0.932. The quantitative estimate of drug-likeness (QED) is 0.866. The van der Waals surface area contributed by atoms with Gasteiger partial charge < -0.3 is 10.6 Å². The molecule has 16 heavy (non-hydrogen) atoms. The van der Waals surface area contributed by atoms with E-state index in [1.807, 2.05) is 24.0 Å². The lowest BCUT2D eigenvalue weighted by molar-refractivity contribution is 0.719. The summed E-state index contributed by atoms with van der Waals surface area (Å²) in [5, 5.41) is 1.27. The molecule has 88 valence electrons. The zero-order chi connectivity index (χ0) is 11.7. The van der Waals surface area contributed by atoms with Crippen molar-refractivity contribution in [1.29, 1.82) is 0 Å². The van der Waals surface area contributed by atoms with E-state index in [2.05, 4.69) is 39.7 Å². The number of nitrogen functional groups attached to an aromatic ring is 1. The normalized spacial score (nSPS) is 25.8. The average molecular weight is 302 g/mol. The van der Waals surface area contributed by atoms with Crippen LogP contribution in [0.2, 0.25) is 0 Å². The monoisotopic (exact) mass is 301 g/mol. The summed E-state index contributed by atoms with van der Waals surface area (Å²) in [6.45, 7) is 6.55. The number of halogens is 1. The van der Waals surface area contributed by atoms with Crippen LogP contribution in [-0.2, 0) is 0 Å². The Balaban J connectivity index is 2.23. The number of nitrogens with two attached hydrogens (primary N) is 1. The van der Waals surface area contributed by atoms with Crippen molar-refractivity contribution in [1.82, 2.24) is 4.98 Å². The van der Waals surface area contributed by atoms with Gasteiger partial charge in [-0.2, -0.15) is 11.8 Å². The van der Waals surface area contributed by atoms with Crippen LogP contribution >= 0.6 is 27.7 Å². The Bertz CT molecular complexity index is 375. The summed E-state index contributed by atoms with van der Waals surface area (Å²) in [5.74, 6) is 0.919. The van der Waals surface area contributed by atoms with Gasteiger partial charge in [0, 0.05) is 34.3 Å². The maximum absolute atomic E-state index is 6.00. The number of thioether (sulfide) groups is 1. The van der Waals surface area contributed by atoms with Gasteiger partial charge in [-0.05, 0) is 22.0 Å². The molecule has 1 aliphatic rings. The number of pyridine rings is 1. The first-order valence-corrected chi connectivity index (χ1v) is 7.11. The van der Waals surface area contributed by atoms with E-state index < -0.39 is 0 Å². The summed E-state index contributed by atoms with van der Waals surface area (Å²) in [6.07, 6.45) is 1.81. The van der Waals surface area contributed by atoms with Crippen molar-refractivity contribution in [3.05, 3.63) is 16.7 Å². The van der Waals surface area contributed by atoms with Crippen LogP contribution in [0.15, 0.2) is 16.7 Å². The van der Waals surface area contributed by atoms with Crippen molar-refractivity contribution in [2.45, 2.75) is 24.3 Å². The third-order valence-corrected chi connectivity index (χ3v) is 4.24. The van der Waals surface area contributed by atoms with Crippen LogP contribution in [0.25, 0.3) is 0 Å². The number of rotatable bonds is 1. The molecule has 1 aromatic rings. The molecule has 2 unspecified atom stereocenters. The lowest BCUT2D eigenvalue weighted by atomic mass is 10.3. The second kappa shape index (κ2) is 4.84. The Morgan fingerprint density at radius 2 is 2.06 bits per heavy atom. The maximum Gasteiger partial charge on any atom is 0.151 e. The first-order chi connectivity index (χ1) is 7.56. The highest BCUT2D eigenvalue weighted by Gasteiger charge is 2.24. The number of hydrogen-bond donors (Lipinski definition) is 1. The van der Waals surface area contributed by atoms with Gasteiger partial charge in [0.25, 0.3) is 0 Å². The second-order valence-electron chi connectivity index (χ2n) is 4.23.